The summed E-state index contributed by atoms with van der Waals surface area (Å²) in [5.41, 5.74) is 4.93. The zero-order valence-corrected chi connectivity index (χ0v) is 11.6. The molecular formula is C20H15N. The zero-order chi connectivity index (χ0) is 14.1. The van der Waals surface area contributed by atoms with Crippen LogP contribution < -0.4 is 0 Å². The lowest BCUT2D eigenvalue weighted by Crippen LogP contribution is -1.96. The summed E-state index contributed by atoms with van der Waals surface area (Å²) in [6.07, 6.45) is 12.7. The van der Waals surface area contributed by atoms with E-state index in [0.29, 0.717) is 0 Å². The highest BCUT2D eigenvalue weighted by atomic mass is 15.0. The van der Waals surface area contributed by atoms with E-state index in [4.69, 9.17) is 0 Å². The molecule has 1 aliphatic rings. The first kappa shape index (κ1) is 12.0. The third kappa shape index (κ3) is 1.95. The van der Waals surface area contributed by atoms with Gasteiger partial charge in [-0.15, -0.1) is 0 Å². The standard InChI is InChI=1S/C20H15N/c1-2-7-14-19-17(12-6-1)18-13-8-9-15-20(18)21(19)16-10-4-3-5-11-16/h1-15H/b2-1+,6-1?,7-2?,12-6-,14-7+,17-12?,19-14?. The van der Waals surface area contributed by atoms with Gasteiger partial charge in [-0.2, -0.15) is 0 Å². The number of aromatic nitrogens is 1. The molecule has 1 heterocycles. The van der Waals surface area contributed by atoms with Crippen molar-refractivity contribution < 1.29 is 0 Å². The van der Waals surface area contributed by atoms with Gasteiger partial charge >= 0.3 is 0 Å². The third-order valence-electron chi connectivity index (χ3n) is 3.82. The van der Waals surface area contributed by atoms with Crippen molar-refractivity contribution in [2.75, 3.05) is 0 Å². The van der Waals surface area contributed by atoms with Crippen molar-refractivity contribution in [1.29, 1.82) is 0 Å². The van der Waals surface area contributed by atoms with Gasteiger partial charge in [-0.1, -0.05) is 66.8 Å². The molecule has 0 radical (unpaired) electrons. The van der Waals surface area contributed by atoms with E-state index in [9.17, 15) is 0 Å². The Kier molecular flexibility index (Phi) is 2.82. The average Bonchev–Trinajstić information content (AvgIpc) is 2.81. The number of benzene rings is 2. The lowest BCUT2D eigenvalue weighted by molar-refractivity contribution is 1.10. The van der Waals surface area contributed by atoms with Crippen LogP contribution in [0.3, 0.4) is 0 Å². The molecule has 0 atom stereocenters. The van der Waals surface area contributed by atoms with Gasteiger partial charge in [0.1, 0.15) is 0 Å². The van der Waals surface area contributed by atoms with Gasteiger partial charge in [0.25, 0.3) is 0 Å². The molecule has 0 N–H and O–H groups in total. The van der Waals surface area contributed by atoms with Gasteiger partial charge in [0.05, 0.1) is 11.2 Å². The lowest BCUT2D eigenvalue weighted by Gasteiger charge is -2.09. The summed E-state index contributed by atoms with van der Waals surface area (Å²) in [7, 11) is 0. The quantitative estimate of drug-likeness (QED) is 0.570. The number of para-hydroxylation sites is 2. The van der Waals surface area contributed by atoms with E-state index in [1.165, 1.54) is 27.8 Å². The molecule has 0 saturated heterocycles. The highest BCUT2D eigenvalue weighted by Crippen LogP contribution is 2.32. The Morgan fingerprint density at radius 3 is 2.19 bits per heavy atom. The second-order valence-electron chi connectivity index (χ2n) is 5.09. The summed E-state index contributed by atoms with van der Waals surface area (Å²) < 4.78 is 2.32. The highest BCUT2D eigenvalue weighted by molar-refractivity contribution is 5.95. The molecule has 0 bridgehead atoms. The van der Waals surface area contributed by atoms with Crippen LogP contribution in [0.15, 0.2) is 78.9 Å². The van der Waals surface area contributed by atoms with Crippen LogP contribution in [0.4, 0.5) is 0 Å². The number of hydrogen-bond donors (Lipinski definition) is 0. The smallest absolute Gasteiger partial charge is 0.0541 e. The summed E-state index contributed by atoms with van der Waals surface area (Å²) in [6, 6.07) is 19.1. The maximum absolute atomic E-state index is 2.32. The number of hydrogen-bond acceptors (Lipinski definition) is 0. The third-order valence-corrected chi connectivity index (χ3v) is 3.82. The van der Waals surface area contributed by atoms with Gasteiger partial charge in [0.2, 0.25) is 0 Å². The van der Waals surface area contributed by atoms with E-state index >= 15 is 0 Å². The van der Waals surface area contributed by atoms with Crippen molar-refractivity contribution in [2.45, 2.75) is 0 Å². The second-order valence-corrected chi connectivity index (χ2v) is 5.09. The predicted octanol–water partition coefficient (Wildman–Crippen LogP) is 5.23. The van der Waals surface area contributed by atoms with Crippen molar-refractivity contribution in [3.05, 3.63) is 90.2 Å². The monoisotopic (exact) mass is 269 g/mol. The van der Waals surface area contributed by atoms with Crippen molar-refractivity contribution in [3.63, 3.8) is 0 Å². The molecule has 1 nitrogen and oxygen atoms in total. The summed E-state index contributed by atoms with van der Waals surface area (Å²) in [5.74, 6) is 0. The minimum Gasteiger partial charge on any atom is -0.309 e. The van der Waals surface area contributed by atoms with E-state index in [-0.39, 0.29) is 0 Å². The highest BCUT2D eigenvalue weighted by Gasteiger charge is 2.14. The van der Waals surface area contributed by atoms with Crippen LogP contribution in [0.25, 0.3) is 28.7 Å². The van der Waals surface area contributed by atoms with Gasteiger partial charge in [0, 0.05) is 16.6 Å². The first-order chi connectivity index (χ1) is 10.4. The van der Waals surface area contributed by atoms with Gasteiger partial charge < -0.3 is 4.57 Å². The summed E-state index contributed by atoms with van der Waals surface area (Å²) in [5, 5.41) is 1.28. The molecule has 0 unspecified atom stereocenters. The van der Waals surface area contributed by atoms with Gasteiger partial charge in [-0.25, -0.2) is 0 Å². The number of fused-ring (bicyclic) bond motifs is 3. The molecule has 21 heavy (non-hydrogen) atoms. The largest absolute Gasteiger partial charge is 0.309 e. The van der Waals surface area contributed by atoms with E-state index in [1.807, 2.05) is 0 Å². The average molecular weight is 269 g/mol. The van der Waals surface area contributed by atoms with Crippen LogP contribution in [0, 0.1) is 0 Å². The summed E-state index contributed by atoms with van der Waals surface area (Å²) in [4.78, 5) is 0. The molecule has 0 aliphatic heterocycles. The Morgan fingerprint density at radius 2 is 1.33 bits per heavy atom. The maximum Gasteiger partial charge on any atom is 0.0541 e. The molecule has 4 rings (SSSR count). The molecule has 0 fully saturated rings. The number of rotatable bonds is 1. The molecule has 3 aromatic rings. The minimum atomic E-state index is 1.19. The molecule has 0 saturated carbocycles. The van der Waals surface area contributed by atoms with Gasteiger partial charge in [-0.05, 0) is 24.3 Å². The Labute approximate surface area is 124 Å². The number of nitrogens with zero attached hydrogens (tertiary/aromatic N) is 1. The minimum absolute atomic E-state index is 1.19. The van der Waals surface area contributed by atoms with Crippen LogP contribution in [0.1, 0.15) is 11.3 Å². The fourth-order valence-corrected chi connectivity index (χ4v) is 2.91. The molecule has 1 aliphatic carbocycles. The molecule has 2 aromatic carbocycles. The Morgan fingerprint density at radius 1 is 0.619 bits per heavy atom. The van der Waals surface area contributed by atoms with Crippen molar-refractivity contribution in [2.24, 2.45) is 0 Å². The SMILES string of the molecule is C1=C\c2c(n(-c3ccccc3)c3ccccc23)/C=C/C=C/1. The van der Waals surface area contributed by atoms with E-state index in [2.05, 4.69) is 95.6 Å². The first-order valence-corrected chi connectivity index (χ1v) is 7.15. The molecule has 1 heteroatoms. The van der Waals surface area contributed by atoms with Gasteiger partial charge in [0.15, 0.2) is 0 Å². The molecule has 0 spiro atoms. The molecule has 1 aromatic heterocycles. The van der Waals surface area contributed by atoms with Gasteiger partial charge in [-0.3, -0.25) is 0 Å². The number of allylic oxidation sites excluding steroid dienone is 4. The molecule has 0 amide bonds. The normalized spacial score (nSPS) is 17.7. The van der Waals surface area contributed by atoms with Crippen LogP contribution in [-0.2, 0) is 0 Å². The lowest BCUT2D eigenvalue weighted by atomic mass is 10.1. The van der Waals surface area contributed by atoms with Crippen LogP contribution >= 0.6 is 0 Å². The van der Waals surface area contributed by atoms with E-state index in [1.54, 1.807) is 0 Å². The van der Waals surface area contributed by atoms with Crippen LogP contribution in [-0.4, -0.2) is 4.57 Å². The topological polar surface area (TPSA) is 4.93 Å². The van der Waals surface area contributed by atoms with Crippen LogP contribution in [0.2, 0.25) is 0 Å². The second kappa shape index (κ2) is 4.95. The zero-order valence-electron chi connectivity index (χ0n) is 11.6. The van der Waals surface area contributed by atoms with E-state index < -0.39 is 0 Å². The summed E-state index contributed by atoms with van der Waals surface area (Å²) in [6.45, 7) is 0. The Hall–Kier alpha value is -2.80. The molecular weight excluding hydrogens is 254 g/mol. The molecule has 100 valence electrons. The fraction of sp³-hybridized carbons (Fsp3) is 0. The van der Waals surface area contributed by atoms with Crippen molar-refractivity contribution in [3.8, 4) is 5.69 Å². The van der Waals surface area contributed by atoms with Crippen molar-refractivity contribution >= 4 is 23.1 Å². The fourth-order valence-electron chi connectivity index (χ4n) is 2.91. The van der Waals surface area contributed by atoms with Crippen LogP contribution in [0.5, 0.6) is 0 Å². The first-order valence-electron chi connectivity index (χ1n) is 7.15. The maximum atomic E-state index is 2.32. The predicted molar refractivity (Wildman–Crippen MR) is 90.5 cm³/mol. The van der Waals surface area contributed by atoms with Crippen molar-refractivity contribution in [1.82, 2.24) is 4.57 Å². The Bertz CT molecular complexity index is 877. The summed E-state index contributed by atoms with van der Waals surface area (Å²) >= 11 is 0. The van der Waals surface area contributed by atoms with E-state index in [0.717, 1.165) is 0 Å². The Balaban J connectivity index is 2.14.